The molecule has 5 heteroatoms. The third kappa shape index (κ3) is 3.43. The standard InChI is InChI=1S/C7H13N3OS/c1-5(6(11)8-2)10-7(9-3)12-4/h1H2,2-4H3,(H,8,11)(H,9,10). The number of aliphatic imine (C=N–C) groups is 1. The monoisotopic (exact) mass is 187 g/mol. The minimum Gasteiger partial charge on any atom is -0.354 e. The molecular weight excluding hydrogens is 174 g/mol. The molecule has 0 aromatic rings. The summed E-state index contributed by atoms with van der Waals surface area (Å²) in [5, 5.41) is 5.90. The lowest BCUT2D eigenvalue weighted by molar-refractivity contribution is -0.117. The summed E-state index contributed by atoms with van der Waals surface area (Å²) in [6.07, 6.45) is 1.87. The van der Waals surface area contributed by atoms with Crippen molar-refractivity contribution in [3.63, 3.8) is 0 Å². The van der Waals surface area contributed by atoms with Crippen LogP contribution in [0.15, 0.2) is 17.3 Å². The molecule has 0 bridgehead atoms. The zero-order valence-electron chi connectivity index (χ0n) is 7.47. The Morgan fingerprint density at radius 1 is 1.58 bits per heavy atom. The first-order chi connectivity index (χ1) is 5.65. The summed E-state index contributed by atoms with van der Waals surface area (Å²) in [7, 11) is 3.20. The van der Waals surface area contributed by atoms with Gasteiger partial charge in [0.2, 0.25) is 0 Å². The van der Waals surface area contributed by atoms with Gasteiger partial charge in [-0.25, -0.2) is 0 Å². The number of hydrogen-bond acceptors (Lipinski definition) is 3. The molecule has 0 unspecified atom stereocenters. The van der Waals surface area contributed by atoms with Gasteiger partial charge < -0.3 is 10.6 Å². The summed E-state index contributed by atoms with van der Waals surface area (Å²) >= 11 is 1.42. The van der Waals surface area contributed by atoms with E-state index < -0.39 is 0 Å². The molecule has 0 saturated carbocycles. The molecule has 2 N–H and O–H groups in total. The van der Waals surface area contributed by atoms with E-state index in [0.717, 1.165) is 0 Å². The number of carbonyl (C=O) groups excluding carboxylic acids is 1. The molecule has 0 aliphatic heterocycles. The van der Waals surface area contributed by atoms with E-state index in [-0.39, 0.29) is 5.91 Å². The summed E-state index contributed by atoms with van der Waals surface area (Å²) in [5.74, 6) is -0.231. The Morgan fingerprint density at radius 2 is 2.17 bits per heavy atom. The fraction of sp³-hybridized carbons (Fsp3) is 0.429. The van der Waals surface area contributed by atoms with E-state index >= 15 is 0 Å². The summed E-state index contributed by atoms with van der Waals surface area (Å²) in [6, 6.07) is 0. The third-order valence-electron chi connectivity index (χ3n) is 1.16. The molecule has 0 fully saturated rings. The van der Waals surface area contributed by atoms with Crippen LogP contribution in [0.1, 0.15) is 0 Å². The van der Waals surface area contributed by atoms with Gasteiger partial charge in [0.15, 0.2) is 5.17 Å². The average Bonchev–Trinajstić information content (AvgIpc) is 2.12. The van der Waals surface area contributed by atoms with Crippen molar-refractivity contribution in [2.24, 2.45) is 4.99 Å². The fourth-order valence-corrected chi connectivity index (χ4v) is 0.943. The van der Waals surface area contributed by atoms with Crippen molar-refractivity contribution < 1.29 is 4.79 Å². The summed E-state index contributed by atoms with van der Waals surface area (Å²) in [6.45, 7) is 3.54. The highest BCUT2D eigenvalue weighted by molar-refractivity contribution is 8.13. The van der Waals surface area contributed by atoms with Crippen molar-refractivity contribution in [2.45, 2.75) is 0 Å². The van der Waals surface area contributed by atoms with Gasteiger partial charge >= 0.3 is 0 Å². The van der Waals surface area contributed by atoms with Crippen LogP contribution in [0, 0.1) is 0 Å². The number of nitrogens with zero attached hydrogens (tertiary/aromatic N) is 1. The number of amidine groups is 1. The Morgan fingerprint density at radius 3 is 2.50 bits per heavy atom. The predicted molar refractivity (Wildman–Crippen MR) is 53.2 cm³/mol. The quantitative estimate of drug-likeness (QED) is 0.368. The predicted octanol–water partition coefficient (Wildman–Crippen LogP) is 0.184. The number of hydrogen-bond donors (Lipinski definition) is 2. The fourth-order valence-electron chi connectivity index (χ4n) is 0.535. The second-order valence-electron chi connectivity index (χ2n) is 1.92. The largest absolute Gasteiger partial charge is 0.354 e. The summed E-state index contributed by atoms with van der Waals surface area (Å²) in [4.78, 5) is 14.8. The van der Waals surface area contributed by atoms with Gasteiger partial charge in [0, 0.05) is 14.1 Å². The molecule has 0 atom stereocenters. The van der Waals surface area contributed by atoms with Gasteiger partial charge in [0.25, 0.3) is 5.91 Å². The molecule has 0 aromatic carbocycles. The molecule has 1 amide bonds. The number of likely N-dealkylation sites (N-methyl/N-ethyl adjacent to an activating group) is 1. The Hall–Kier alpha value is -0.970. The first kappa shape index (κ1) is 11.0. The van der Waals surface area contributed by atoms with E-state index in [1.807, 2.05) is 6.26 Å². The second kappa shape index (κ2) is 5.65. The smallest absolute Gasteiger partial charge is 0.266 e. The van der Waals surface area contributed by atoms with Gasteiger partial charge in [-0.3, -0.25) is 9.79 Å². The number of nitrogens with one attached hydrogen (secondary N) is 2. The van der Waals surface area contributed by atoms with Gasteiger partial charge in [-0.1, -0.05) is 18.3 Å². The van der Waals surface area contributed by atoms with Gasteiger partial charge in [-0.2, -0.15) is 0 Å². The van der Waals surface area contributed by atoms with Crippen molar-refractivity contribution in [1.29, 1.82) is 0 Å². The lowest BCUT2D eigenvalue weighted by Gasteiger charge is -2.07. The Kier molecular flexibility index (Phi) is 5.19. The van der Waals surface area contributed by atoms with Gasteiger partial charge in [-0.15, -0.1) is 0 Å². The van der Waals surface area contributed by atoms with Crippen LogP contribution in [0.3, 0.4) is 0 Å². The van der Waals surface area contributed by atoms with Crippen LogP contribution in [0.5, 0.6) is 0 Å². The van der Waals surface area contributed by atoms with E-state index in [1.165, 1.54) is 11.8 Å². The molecule has 0 aromatic heterocycles. The molecule has 0 heterocycles. The Bertz CT molecular complexity index is 213. The van der Waals surface area contributed by atoms with Crippen LogP contribution >= 0.6 is 11.8 Å². The maximum absolute atomic E-state index is 10.9. The van der Waals surface area contributed by atoms with Gasteiger partial charge in [0.05, 0.1) is 5.70 Å². The molecule has 68 valence electrons. The molecule has 0 saturated heterocycles. The molecule has 12 heavy (non-hydrogen) atoms. The van der Waals surface area contributed by atoms with Crippen molar-refractivity contribution >= 4 is 22.8 Å². The first-order valence-electron chi connectivity index (χ1n) is 3.34. The lowest BCUT2D eigenvalue weighted by Crippen LogP contribution is -2.30. The second-order valence-corrected chi connectivity index (χ2v) is 2.71. The van der Waals surface area contributed by atoms with Gasteiger partial charge in [0.1, 0.15) is 0 Å². The number of rotatable bonds is 2. The van der Waals surface area contributed by atoms with Crippen LogP contribution in [0.25, 0.3) is 0 Å². The normalized spacial score (nSPS) is 10.8. The van der Waals surface area contributed by atoms with Crippen LogP contribution in [0.4, 0.5) is 0 Å². The highest BCUT2D eigenvalue weighted by Gasteiger charge is 2.05. The minimum atomic E-state index is -0.231. The van der Waals surface area contributed by atoms with Crippen molar-refractivity contribution in [1.82, 2.24) is 10.6 Å². The topological polar surface area (TPSA) is 53.5 Å². The molecule has 0 aliphatic rings. The molecule has 0 spiro atoms. The lowest BCUT2D eigenvalue weighted by atomic mass is 10.5. The zero-order chi connectivity index (χ0) is 9.56. The molecule has 0 rings (SSSR count). The number of amides is 1. The minimum absolute atomic E-state index is 0.231. The molecule has 0 aliphatic carbocycles. The van der Waals surface area contributed by atoms with Crippen LogP contribution in [-0.2, 0) is 4.79 Å². The molecule has 0 radical (unpaired) electrons. The molecular formula is C7H13N3OS. The third-order valence-corrected chi connectivity index (χ3v) is 1.83. The molecule has 4 nitrogen and oxygen atoms in total. The van der Waals surface area contributed by atoms with Crippen molar-refractivity contribution in [3.05, 3.63) is 12.3 Å². The highest BCUT2D eigenvalue weighted by atomic mass is 32.2. The van der Waals surface area contributed by atoms with E-state index in [9.17, 15) is 4.79 Å². The number of thioether (sulfide) groups is 1. The van der Waals surface area contributed by atoms with Crippen LogP contribution < -0.4 is 10.6 Å². The van der Waals surface area contributed by atoms with Crippen molar-refractivity contribution in [3.8, 4) is 0 Å². The summed E-state index contributed by atoms with van der Waals surface area (Å²) in [5.41, 5.74) is 0.299. The van der Waals surface area contributed by atoms with E-state index in [2.05, 4.69) is 22.2 Å². The maximum Gasteiger partial charge on any atom is 0.266 e. The maximum atomic E-state index is 10.9. The average molecular weight is 187 g/mol. The Balaban J connectivity index is 4.08. The SMILES string of the molecule is C=C(NC(=NC)SC)C(=O)NC. The van der Waals surface area contributed by atoms with E-state index in [4.69, 9.17) is 0 Å². The van der Waals surface area contributed by atoms with Crippen LogP contribution in [0.2, 0.25) is 0 Å². The first-order valence-corrected chi connectivity index (χ1v) is 4.57. The van der Waals surface area contributed by atoms with E-state index in [0.29, 0.717) is 10.9 Å². The van der Waals surface area contributed by atoms with Crippen molar-refractivity contribution in [2.75, 3.05) is 20.4 Å². The summed E-state index contributed by atoms with van der Waals surface area (Å²) < 4.78 is 0. The Labute approximate surface area is 76.5 Å². The highest BCUT2D eigenvalue weighted by Crippen LogP contribution is 1.96. The number of carbonyl (C=O) groups is 1. The van der Waals surface area contributed by atoms with Gasteiger partial charge in [-0.05, 0) is 6.26 Å². The zero-order valence-corrected chi connectivity index (χ0v) is 8.29. The van der Waals surface area contributed by atoms with E-state index in [1.54, 1.807) is 14.1 Å². The van der Waals surface area contributed by atoms with Crippen LogP contribution in [-0.4, -0.2) is 31.4 Å².